The Bertz CT molecular complexity index is 757. The van der Waals surface area contributed by atoms with Gasteiger partial charge in [0.15, 0.2) is 11.5 Å². The van der Waals surface area contributed by atoms with Gasteiger partial charge in [-0.3, -0.25) is 0 Å². The van der Waals surface area contributed by atoms with E-state index in [0.717, 1.165) is 22.9 Å². The van der Waals surface area contributed by atoms with Gasteiger partial charge in [0, 0.05) is 11.5 Å². The van der Waals surface area contributed by atoms with Crippen molar-refractivity contribution in [3.05, 3.63) is 59.8 Å². The van der Waals surface area contributed by atoms with Gasteiger partial charge in [0.05, 0.1) is 25.9 Å². The van der Waals surface area contributed by atoms with Crippen LogP contribution >= 0.6 is 0 Å². The van der Waals surface area contributed by atoms with Crippen LogP contribution in [0.4, 0.5) is 0 Å². The van der Waals surface area contributed by atoms with Crippen LogP contribution in [0.3, 0.4) is 0 Å². The van der Waals surface area contributed by atoms with Gasteiger partial charge in [0.1, 0.15) is 0 Å². The SMILES string of the molecule is COc1cc2nncc(Cc3ccccc3)c2cc1OC. The Labute approximate surface area is 123 Å². The fourth-order valence-corrected chi connectivity index (χ4v) is 2.40. The fourth-order valence-electron chi connectivity index (χ4n) is 2.40. The van der Waals surface area contributed by atoms with Crippen LogP contribution in [0.25, 0.3) is 10.9 Å². The second-order valence-corrected chi connectivity index (χ2v) is 4.76. The molecule has 4 heteroatoms. The maximum absolute atomic E-state index is 5.38. The van der Waals surface area contributed by atoms with Gasteiger partial charge in [-0.15, -0.1) is 0 Å². The molecule has 0 saturated heterocycles. The highest BCUT2D eigenvalue weighted by molar-refractivity contribution is 5.85. The minimum atomic E-state index is 0.663. The number of ether oxygens (including phenoxy) is 2. The van der Waals surface area contributed by atoms with Crippen molar-refractivity contribution in [3.63, 3.8) is 0 Å². The highest BCUT2D eigenvalue weighted by Crippen LogP contribution is 2.32. The molecular weight excluding hydrogens is 264 g/mol. The zero-order valence-electron chi connectivity index (χ0n) is 12.0. The first-order valence-electron chi connectivity index (χ1n) is 6.72. The quantitative estimate of drug-likeness (QED) is 0.736. The Morgan fingerprint density at radius 2 is 1.67 bits per heavy atom. The molecule has 2 aromatic carbocycles. The molecule has 106 valence electrons. The number of benzene rings is 2. The van der Waals surface area contributed by atoms with E-state index >= 15 is 0 Å². The molecule has 1 aromatic heterocycles. The van der Waals surface area contributed by atoms with E-state index in [-0.39, 0.29) is 0 Å². The van der Waals surface area contributed by atoms with Crippen LogP contribution < -0.4 is 9.47 Å². The third-order valence-electron chi connectivity index (χ3n) is 3.46. The molecule has 0 unspecified atom stereocenters. The van der Waals surface area contributed by atoms with E-state index in [4.69, 9.17) is 9.47 Å². The molecule has 3 aromatic rings. The Morgan fingerprint density at radius 3 is 2.38 bits per heavy atom. The number of fused-ring (bicyclic) bond motifs is 1. The average molecular weight is 280 g/mol. The van der Waals surface area contributed by atoms with Gasteiger partial charge < -0.3 is 9.47 Å². The predicted octanol–water partition coefficient (Wildman–Crippen LogP) is 3.24. The molecule has 0 aliphatic rings. The molecule has 1 heterocycles. The van der Waals surface area contributed by atoms with Crippen molar-refractivity contribution in [2.24, 2.45) is 0 Å². The maximum Gasteiger partial charge on any atom is 0.162 e. The zero-order chi connectivity index (χ0) is 14.7. The van der Waals surface area contributed by atoms with E-state index in [9.17, 15) is 0 Å². The molecule has 0 saturated carbocycles. The van der Waals surface area contributed by atoms with Crippen LogP contribution in [0.2, 0.25) is 0 Å². The minimum absolute atomic E-state index is 0.663. The first kappa shape index (κ1) is 13.4. The molecule has 0 radical (unpaired) electrons. The fraction of sp³-hybridized carbons (Fsp3) is 0.176. The molecular formula is C17H16N2O2. The standard InChI is InChI=1S/C17H16N2O2/c1-20-16-9-14-13(8-12-6-4-3-5-7-12)11-18-19-15(14)10-17(16)21-2/h3-7,9-11H,8H2,1-2H3. The summed E-state index contributed by atoms with van der Waals surface area (Å²) in [5, 5.41) is 9.31. The molecule has 3 rings (SSSR count). The van der Waals surface area contributed by atoms with Crippen molar-refractivity contribution in [2.45, 2.75) is 6.42 Å². The van der Waals surface area contributed by atoms with Crippen LogP contribution in [0.1, 0.15) is 11.1 Å². The summed E-state index contributed by atoms with van der Waals surface area (Å²) in [4.78, 5) is 0. The van der Waals surface area contributed by atoms with Crippen molar-refractivity contribution >= 4 is 10.9 Å². The maximum atomic E-state index is 5.38. The first-order chi connectivity index (χ1) is 10.3. The Morgan fingerprint density at radius 1 is 0.952 bits per heavy atom. The third kappa shape index (κ3) is 2.65. The lowest BCUT2D eigenvalue weighted by molar-refractivity contribution is 0.355. The van der Waals surface area contributed by atoms with Gasteiger partial charge in [0.25, 0.3) is 0 Å². The molecule has 0 aliphatic heterocycles. The Hall–Kier alpha value is -2.62. The van der Waals surface area contributed by atoms with Crippen LogP contribution in [0.5, 0.6) is 11.5 Å². The second-order valence-electron chi connectivity index (χ2n) is 4.76. The first-order valence-corrected chi connectivity index (χ1v) is 6.72. The summed E-state index contributed by atoms with van der Waals surface area (Å²) >= 11 is 0. The summed E-state index contributed by atoms with van der Waals surface area (Å²) in [6.45, 7) is 0. The van der Waals surface area contributed by atoms with Gasteiger partial charge in [-0.1, -0.05) is 30.3 Å². The molecule has 0 atom stereocenters. The summed E-state index contributed by atoms with van der Waals surface area (Å²) in [7, 11) is 3.25. The molecule has 0 amide bonds. The van der Waals surface area contributed by atoms with Gasteiger partial charge in [-0.2, -0.15) is 10.2 Å². The Balaban J connectivity index is 2.10. The van der Waals surface area contributed by atoms with Gasteiger partial charge in [-0.05, 0) is 23.6 Å². The highest BCUT2D eigenvalue weighted by Gasteiger charge is 2.10. The van der Waals surface area contributed by atoms with Gasteiger partial charge in [-0.25, -0.2) is 0 Å². The second kappa shape index (κ2) is 5.79. The lowest BCUT2D eigenvalue weighted by Gasteiger charge is -2.11. The number of methoxy groups -OCH3 is 2. The van der Waals surface area contributed by atoms with Crippen molar-refractivity contribution in [1.29, 1.82) is 0 Å². The summed E-state index contributed by atoms with van der Waals surface area (Å²) in [5.41, 5.74) is 3.16. The molecule has 0 aliphatic carbocycles. The molecule has 21 heavy (non-hydrogen) atoms. The number of rotatable bonds is 4. The van der Waals surface area contributed by atoms with E-state index in [1.807, 2.05) is 30.3 Å². The van der Waals surface area contributed by atoms with E-state index in [1.165, 1.54) is 5.56 Å². The van der Waals surface area contributed by atoms with Crippen LogP contribution in [0.15, 0.2) is 48.7 Å². The van der Waals surface area contributed by atoms with Crippen molar-refractivity contribution in [2.75, 3.05) is 14.2 Å². The molecule has 0 N–H and O–H groups in total. The van der Waals surface area contributed by atoms with Crippen molar-refractivity contribution in [3.8, 4) is 11.5 Å². The molecule has 0 fully saturated rings. The monoisotopic (exact) mass is 280 g/mol. The summed E-state index contributed by atoms with van der Waals surface area (Å²) in [6.07, 6.45) is 2.61. The topological polar surface area (TPSA) is 44.2 Å². The van der Waals surface area contributed by atoms with Crippen molar-refractivity contribution < 1.29 is 9.47 Å². The lowest BCUT2D eigenvalue weighted by Crippen LogP contribution is -1.97. The van der Waals surface area contributed by atoms with E-state index in [2.05, 4.69) is 22.3 Å². The summed E-state index contributed by atoms with van der Waals surface area (Å²) < 4.78 is 10.7. The van der Waals surface area contributed by atoms with Crippen molar-refractivity contribution in [1.82, 2.24) is 10.2 Å². The number of aromatic nitrogens is 2. The summed E-state index contributed by atoms with van der Waals surface area (Å²) in [6, 6.07) is 14.1. The summed E-state index contributed by atoms with van der Waals surface area (Å²) in [5.74, 6) is 1.36. The number of nitrogens with zero attached hydrogens (tertiary/aromatic N) is 2. The smallest absolute Gasteiger partial charge is 0.162 e. The number of hydrogen-bond donors (Lipinski definition) is 0. The lowest BCUT2D eigenvalue weighted by atomic mass is 10.0. The highest BCUT2D eigenvalue weighted by atomic mass is 16.5. The average Bonchev–Trinajstić information content (AvgIpc) is 2.55. The number of hydrogen-bond acceptors (Lipinski definition) is 4. The van der Waals surface area contributed by atoms with Crippen LogP contribution in [-0.2, 0) is 6.42 Å². The van der Waals surface area contributed by atoms with Crippen LogP contribution in [-0.4, -0.2) is 24.4 Å². The Kier molecular flexibility index (Phi) is 3.69. The third-order valence-corrected chi connectivity index (χ3v) is 3.46. The van der Waals surface area contributed by atoms with Gasteiger partial charge in [0.2, 0.25) is 0 Å². The minimum Gasteiger partial charge on any atom is -0.493 e. The van der Waals surface area contributed by atoms with E-state index in [0.29, 0.717) is 11.5 Å². The molecule has 0 bridgehead atoms. The normalized spacial score (nSPS) is 10.6. The predicted molar refractivity (Wildman–Crippen MR) is 81.9 cm³/mol. The molecule has 4 nitrogen and oxygen atoms in total. The largest absolute Gasteiger partial charge is 0.493 e. The van der Waals surface area contributed by atoms with Crippen LogP contribution in [0, 0.1) is 0 Å². The van der Waals surface area contributed by atoms with Gasteiger partial charge >= 0.3 is 0 Å². The van der Waals surface area contributed by atoms with E-state index in [1.54, 1.807) is 20.4 Å². The molecule has 0 spiro atoms. The zero-order valence-corrected chi connectivity index (χ0v) is 12.0. The van der Waals surface area contributed by atoms with E-state index < -0.39 is 0 Å².